The third kappa shape index (κ3) is 9.30. The number of rotatable bonds is 9. The molecule has 2 aromatic carbocycles. The lowest BCUT2D eigenvalue weighted by atomic mass is 9.86. The number of nitrogens with two attached hydrogens (primary N) is 1. The number of hydrogen-bond acceptors (Lipinski definition) is 7. The van der Waals surface area contributed by atoms with Gasteiger partial charge >= 0.3 is 5.97 Å². The summed E-state index contributed by atoms with van der Waals surface area (Å²) in [4.78, 5) is 42.8. The molecule has 3 rings (SSSR count). The van der Waals surface area contributed by atoms with Gasteiger partial charge in [-0.25, -0.2) is 4.98 Å². The van der Waals surface area contributed by atoms with E-state index in [2.05, 4.69) is 36.4 Å². The first-order valence-corrected chi connectivity index (χ1v) is 13.6. The molecule has 9 nitrogen and oxygen atoms in total. The molecule has 10 heteroatoms. The predicted molar refractivity (Wildman–Crippen MR) is 161 cm³/mol. The second-order valence-electron chi connectivity index (χ2n) is 11.6. The van der Waals surface area contributed by atoms with Crippen LogP contribution >= 0.6 is 11.6 Å². The summed E-state index contributed by atoms with van der Waals surface area (Å²) < 4.78 is 11.3. The van der Waals surface area contributed by atoms with Crippen molar-refractivity contribution in [1.29, 1.82) is 0 Å². The van der Waals surface area contributed by atoms with E-state index in [4.69, 9.17) is 26.8 Å². The lowest BCUT2D eigenvalue weighted by Gasteiger charge is -2.23. The van der Waals surface area contributed by atoms with Crippen LogP contribution in [0.5, 0.6) is 5.75 Å². The van der Waals surface area contributed by atoms with Crippen LogP contribution in [0.4, 0.5) is 11.5 Å². The number of nitrogens with zero attached hydrogens (tertiary/aromatic N) is 1. The average Bonchev–Trinajstić information content (AvgIpc) is 2.88. The fourth-order valence-electron chi connectivity index (χ4n) is 3.70. The molecule has 1 heterocycles. The summed E-state index contributed by atoms with van der Waals surface area (Å²) in [6.07, 6.45) is 1.62. The molecular formula is C31H37ClN4O5. The third-order valence-corrected chi connectivity index (χ3v) is 6.10. The number of nitrogens with one attached hydrogen (secondary N) is 2. The van der Waals surface area contributed by atoms with Crippen molar-refractivity contribution in [2.75, 3.05) is 17.2 Å². The second kappa shape index (κ2) is 13.1. The molecule has 1 aromatic heterocycles. The van der Waals surface area contributed by atoms with Crippen LogP contribution in [0.15, 0.2) is 60.8 Å². The van der Waals surface area contributed by atoms with E-state index in [-0.39, 0.29) is 29.6 Å². The zero-order chi connectivity index (χ0) is 30.4. The van der Waals surface area contributed by atoms with Crippen LogP contribution in [0.25, 0.3) is 0 Å². The number of para-hydroxylation sites is 1. The van der Waals surface area contributed by atoms with Gasteiger partial charge < -0.3 is 25.8 Å². The van der Waals surface area contributed by atoms with Gasteiger partial charge in [-0.05, 0) is 68.1 Å². The average molecular weight is 581 g/mol. The number of esters is 1. The monoisotopic (exact) mass is 580 g/mol. The molecule has 0 spiro atoms. The molecular weight excluding hydrogens is 544 g/mol. The zero-order valence-corrected chi connectivity index (χ0v) is 25.0. The maximum absolute atomic E-state index is 13.5. The molecule has 2 amide bonds. The summed E-state index contributed by atoms with van der Waals surface area (Å²) in [6.45, 7) is 11.5. The number of carbonyl (C=O) groups is 3. The van der Waals surface area contributed by atoms with E-state index in [0.717, 1.165) is 5.56 Å². The number of halogens is 1. The molecule has 0 fully saturated rings. The molecule has 41 heavy (non-hydrogen) atoms. The largest absolute Gasteiger partial charge is 0.493 e. The molecule has 1 unspecified atom stereocenters. The molecule has 1 atom stereocenters. The van der Waals surface area contributed by atoms with Crippen molar-refractivity contribution in [2.45, 2.75) is 65.0 Å². The van der Waals surface area contributed by atoms with Crippen molar-refractivity contribution in [3.8, 4) is 5.75 Å². The van der Waals surface area contributed by atoms with E-state index < -0.39 is 29.4 Å². The lowest BCUT2D eigenvalue weighted by molar-refractivity contribution is -0.156. The first kappa shape index (κ1) is 31.6. The molecule has 0 aliphatic carbocycles. The lowest BCUT2D eigenvalue weighted by Crippen LogP contribution is -2.38. The van der Waals surface area contributed by atoms with Crippen molar-refractivity contribution in [1.82, 2.24) is 4.98 Å². The third-order valence-electron chi connectivity index (χ3n) is 5.88. The van der Waals surface area contributed by atoms with Crippen LogP contribution in [0.2, 0.25) is 5.02 Å². The van der Waals surface area contributed by atoms with E-state index in [1.165, 1.54) is 6.20 Å². The molecule has 3 aromatic rings. The van der Waals surface area contributed by atoms with Crippen molar-refractivity contribution >= 4 is 40.9 Å². The Morgan fingerprint density at radius 2 is 1.61 bits per heavy atom. The van der Waals surface area contributed by atoms with Crippen LogP contribution in [0.3, 0.4) is 0 Å². The van der Waals surface area contributed by atoms with Crippen LogP contribution in [0, 0.1) is 0 Å². The van der Waals surface area contributed by atoms with Crippen molar-refractivity contribution < 1.29 is 23.9 Å². The van der Waals surface area contributed by atoms with Crippen LogP contribution < -0.4 is 21.1 Å². The van der Waals surface area contributed by atoms with Gasteiger partial charge in [0.05, 0.1) is 28.4 Å². The number of aromatic nitrogens is 1. The van der Waals surface area contributed by atoms with Gasteiger partial charge in [-0.1, -0.05) is 50.6 Å². The highest BCUT2D eigenvalue weighted by Gasteiger charge is 2.24. The minimum atomic E-state index is -0.877. The highest BCUT2D eigenvalue weighted by molar-refractivity contribution is 6.30. The van der Waals surface area contributed by atoms with Crippen LogP contribution in [0.1, 0.15) is 74.2 Å². The van der Waals surface area contributed by atoms with E-state index in [0.29, 0.717) is 22.3 Å². The Kier molecular flexibility index (Phi) is 10.1. The summed E-state index contributed by atoms with van der Waals surface area (Å²) in [7, 11) is 0. The molecule has 0 saturated heterocycles. The van der Waals surface area contributed by atoms with Crippen LogP contribution in [-0.4, -0.2) is 41.0 Å². The molecule has 0 aliphatic rings. The second-order valence-corrected chi connectivity index (χ2v) is 12.0. The number of ether oxygens (including phenoxy) is 2. The number of pyridine rings is 1. The predicted octanol–water partition coefficient (Wildman–Crippen LogP) is 5.98. The summed E-state index contributed by atoms with van der Waals surface area (Å²) in [5.41, 5.74) is 6.92. The van der Waals surface area contributed by atoms with Gasteiger partial charge in [-0.2, -0.15) is 0 Å². The number of hydrogen-bond donors (Lipinski definition) is 3. The molecule has 218 valence electrons. The first-order chi connectivity index (χ1) is 19.1. The maximum Gasteiger partial charge on any atom is 0.323 e. The maximum atomic E-state index is 13.5. The van der Waals surface area contributed by atoms with E-state index in [9.17, 15) is 14.4 Å². The molecule has 0 bridgehead atoms. The molecule has 0 aliphatic heterocycles. The summed E-state index contributed by atoms with van der Waals surface area (Å²) in [5, 5.41) is 5.97. The van der Waals surface area contributed by atoms with E-state index >= 15 is 0 Å². The quantitative estimate of drug-likeness (QED) is 0.265. The van der Waals surface area contributed by atoms with E-state index in [1.807, 2.05) is 6.07 Å². The molecule has 0 saturated carbocycles. The zero-order valence-electron chi connectivity index (χ0n) is 24.2. The number of carbonyl (C=O) groups excluding carboxylic acids is 3. The van der Waals surface area contributed by atoms with Crippen molar-refractivity contribution in [3.63, 3.8) is 0 Å². The SMILES string of the molecule is CC(C)(C)OC(=O)C(N)CCOc1cc(C(C)(C)C)ccc1C(=O)Nc1ccccc1C(=O)Nc1ccc(Cl)cn1. The summed E-state index contributed by atoms with van der Waals surface area (Å²) >= 11 is 5.88. The van der Waals surface area contributed by atoms with Gasteiger partial charge in [-0.3, -0.25) is 14.4 Å². The Hall–Kier alpha value is -3.95. The Morgan fingerprint density at radius 1 is 0.927 bits per heavy atom. The standard InChI is InChI=1S/C31H37ClN4O5/c1-30(2,3)19-11-13-22(25(17-19)40-16-15-23(33)29(39)41-31(4,5)6)28(38)35-24-10-8-7-9-21(24)27(37)36-26-14-12-20(32)18-34-26/h7-14,17-18,23H,15-16,33H2,1-6H3,(H,35,38)(H,34,36,37). The fourth-order valence-corrected chi connectivity index (χ4v) is 3.81. The minimum absolute atomic E-state index is 0.0847. The Labute approximate surface area is 245 Å². The molecule has 4 N–H and O–H groups in total. The van der Waals surface area contributed by atoms with Crippen molar-refractivity contribution in [3.05, 3.63) is 82.5 Å². The van der Waals surface area contributed by atoms with E-state index in [1.54, 1.807) is 69.3 Å². The normalized spacial score (nSPS) is 12.3. The fraction of sp³-hybridized carbons (Fsp3) is 0.355. The number of anilines is 2. The van der Waals surface area contributed by atoms with Crippen LogP contribution in [-0.2, 0) is 14.9 Å². The van der Waals surface area contributed by atoms with Gasteiger partial charge in [-0.15, -0.1) is 0 Å². The minimum Gasteiger partial charge on any atom is -0.493 e. The Morgan fingerprint density at radius 3 is 2.24 bits per heavy atom. The van der Waals surface area contributed by atoms with Gasteiger partial charge in [0.1, 0.15) is 23.2 Å². The van der Waals surface area contributed by atoms with Gasteiger partial charge in [0.2, 0.25) is 0 Å². The van der Waals surface area contributed by atoms with Gasteiger partial charge in [0, 0.05) is 12.6 Å². The van der Waals surface area contributed by atoms with Crippen molar-refractivity contribution in [2.24, 2.45) is 5.73 Å². The molecule has 0 radical (unpaired) electrons. The van der Waals surface area contributed by atoms with Gasteiger partial charge in [0.15, 0.2) is 0 Å². The highest BCUT2D eigenvalue weighted by atomic mass is 35.5. The number of benzene rings is 2. The Bertz CT molecular complexity index is 1390. The first-order valence-electron chi connectivity index (χ1n) is 13.2. The van der Waals surface area contributed by atoms with Gasteiger partial charge in [0.25, 0.3) is 11.8 Å². The summed E-state index contributed by atoms with van der Waals surface area (Å²) in [5.74, 6) is -0.795. The number of amides is 2. The smallest absolute Gasteiger partial charge is 0.323 e. The Balaban J connectivity index is 1.80. The topological polar surface area (TPSA) is 133 Å². The summed E-state index contributed by atoms with van der Waals surface area (Å²) in [6, 6.07) is 14.3. The highest BCUT2D eigenvalue weighted by Crippen LogP contribution is 2.30.